The number of alkyl carbamates (subject to hydrolysis) is 1. The van der Waals surface area contributed by atoms with Crippen LogP contribution in [0.2, 0.25) is 0 Å². The zero-order chi connectivity index (χ0) is 31.0. The van der Waals surface area contributed by atoms with Crippen molar-refractivity contribution in [1.82, 2.24) is 15.5 Å². The van der Waals surface area contributed by atoms with E-state index in [-0.39, 0.29) is 37.8 Å². The second-order valence-electron chi connectivity index (χ2n) is 11.7. The van der Waals surface area contributed by atoms with Crippen molar-refractivity contribution < 1.29 is 33.8 Å². The molecule has 0 radical (unpaired) electrons. The molecular weight excluding hydrogens is 538 g/mol. The third kappa shape index (κ3) is 9.49. The number of hydrogen-bond donors (Lipinski definition) is 3. The summed E-state index contributed by atoms with van der Waals surface area (Å²) >= 11 is 0. The average molecular weight is 582 g/mol. The third-order valence-electron chi connectivity index (χ3n) is 6.75. The fourth-order valence-corrected chi connectivity index (χ4v) is 4.66. The van der Waals surface area contributed by atoms with Crippen molar-refractivity contribution in [1.29, 1.82) is 0 Å². The Bertz CT molecular complexity index is 1270. The van der Waals surface area contributed by atoms with Crippen molar-refractivity contribution in [2.75, 3.05) is 13.2 Å². The second-order valence-corrected chi connectivity index (χ2v) is 11.7. The zero-order valence-corrected chi connectivity index (χ0v) is 25.4. The van der Waals surface area contributed by atoms with Crippen molar-refractivity contribution in [3.8, 4) is 5.75 Å². The van der Waals surface area contributed by atoms with E-state index in [4.69, 9.17) is 9.47 Å². The van der Waals surface area contributed by atoms with Crippen molar-refractivity contribution in [3.63, 3.8) is 0 Å². The minimum Gasteiger partial charge on any atom is -0.508 e. The van der Waals surface area contributed by atoms with Gasteiger partial charge in [-0.05, 0) is 83.2 Å². The zero-order valence-electron chi connectivity index (χ0n) is 25.4. The number of aromatic hydroxyl groups is 1. The molecule has 228 valence electrons. The fraction of sp³-hybridized carbons (Fsp3) is 0.500. The number of ether oxygens (including phenoxy) is 2. The van der Waals surface area contributed by atoms with E-state index >= 15 is 0 Å². The van der Waals surface area contributed by atoms with Crippen LogP contribution >= 0.6 is 0 Å². The maximum Gasteiger partial charge on any atom is 0.408 e. The van der Waals surface area contributed by atoms with E-state index in [0.717, 1.165) is 11.1 Å². The number of hydrogen-bond acceptors (Lipinski definition) is 7. The van der Waals surface area contributed by atoms with Gasteiger partial charge >= 0.3 is 12.1 Å². The molecule has 10 heteroatoms. The van der Waals surface area contributed by atoms with Crippen molar-refractivity contribution >= 4 is 23.9 Å². The summed E-state index contributed by atoms with van der Waals surface area (Å²) in [6, 6.07) is 9.88. The molecule has 3 N–H and O–H groups in total. The molecule has 0 bridgehead atoms. The molecule has 10 nitrogen and oxygen atoms in total. The summed E-state index contributed by atoms with van der Waals surface area (Å²) in [5, 5.41) is 15.3. The van der Waals surface area contributed by atoms with Gasteiger partial charge < -0.3 is 30.1 Å². The minimum atomic E-state index is -1.05. The Kier molecular flexibility index (Phi) is 11.0. The van der Waals surface area contributed by atoms with Crippen LogP contribution in [-0.2, 0) is 30.3 Å². The number of nitrogens with zero attached hydrogens (tertiary/aromatic N) is 1. The number of benzene rings is 2. The van der Waals surface area contributed by atoms with E-state index < -0.39 is 41.6 Å². The van der Waals surface area contributed by atoms with Gasteiger partial charge in [0.25, 0.3) is 0 Å². The van der Waals surface area contributed by atoms with E-state index in [2.05, 4.69) is 10.6 Å². The number of aryl methyl sites for hydroxylation is 2. The molecule has 0 spiro atoms. The molecule has 2 aromatic rings. The molecule has 2 atom stereocenters. The molecule has 1 aliphatic rings. The summed E-state index contributed by atoms with van der Waals surface area (Å²) in [5.41, 5.74) is 2.35. The Morgan fingerprint density at radius 2 is 1.71 bits per heavy atom. The van der Waals surface area contributed by atoms with Crippen molar-refractivity contribution in [2.45, 2.75) is 91.0 Å². The molecule has 0 aromatic heterocycles. The number of amides is 3. The highest BCUT2D eigenvalue weighted by molar-refractivity contribution is 5.93. The SMILES string of the molecule is CCOC(=O)CCNC(=O)C(c1cc(C)ccc1C)N(C(=O)C(Cc1ccc(O)cc1)NC(=O)OC(C)(C)C)C1CC1. The summed E-state index contributed by atoms with van der Waals surface area (Å²) in [6.45, 7) is 11.0. The standard InChI is InChI=1S/C32H43N3O7/c1-7-41-27(37)16-17-33-29(38)28(25-18-20(2)8-9-21(25)3)35(23-12-13-23)30(39)26(34-31(40)42-32(4,5)6)19-22-10-14-24(36)15-11-22/h8-11,14-15,18,23,26,28,36H,7,12-13,16-17,19H2,1-6H3,(H,33,38)(H,34,40). The van der Waals surface area contributed by atoms with Crippen LogP contribution in [0.5, 0.6) is 5.75 Å². The Morgan fingerprint density at radius 1 is 1.05 bits per heavy atom. The number of rotatable bonds is 12. The van der Waals surface area contributed by atoms with Gasteiger partial charge in [-0.25, -0.2) is 4.79 Å². The number of carbonyl (C=O) groups is 4. The lowest BCUT2D eigenvalue weighted by Gasteiger charge is -2.35. The van der Waals surface area contributed by atoms with Crippen LogP contribution in [0, 0.1) is 13.8 Å². The highest BCUT2D eigenvalue weighted by atomic mass is 16.6. The van der Waals surface area contributed by atoms with E-state index in [0.29, 0.717) is 24.0 Å². The van der Waals surface area contributed by atoms with Gasteiger partial charge in [-0.1, -0.05) is 35.9 Å². The second kappa shape index (κ2) is 14.2. The molecular formula is C32H43N3O7. The van der Waals surface area contributed by atoms with E-state index in [1.54, 1.807) is 44.7 Å². The van der Waals surface area contributed by atoms with Gasteiger partial charge in [0.15, 0.2) is 0 Å². The van der Waals surface area contributed by atoms with Gasteiger partial charge in [-0.15, -0.1) is 0 Å². The number of carbonyl (C=O) groups excluding carboxylic acids is 4. The first-order valence-electron chi connectivity index (χ1n) is 14.4. The van der Waals surface area contributed by atoms with Gasteiger partial charge in [-0.2, -0.15) is 0 Å². The summed E-state index contributed by atoms with van der Waals surface area (Å²) in [6.07, 6.45) is 0.784. The number of phenols is 1. The maximum atomic E-state index is 14.4. The predicted molar refractivity (Wildman–Crippen MR) is 158 cm³/mol. The van der Waals surface area contributed by atoms with Crippen LogP contribution in [0.4, 0.5) is 4.79 Å². The molecule has 3 amide bonds. The fourth-order valence-electron chi connectivity index (χ4n) is 4.66. The normalized spacial score (nSPS) is 14.3. The molecule has 42 heavy (non-hydrogen) atoms. The molecule has 2 unspecified atom stereocenters. The lowest BCUT2D eigenvalue weighted by atomic mass is 9.95. The molecule has 1 saturated carbocycles. The third-order valence-corrected chi connectivity index (χ3v) is 6.75. The predicted octanol–water partition coefficient (Wildman–Crippen LogP) is 4.25. The molecule has 3 rings (SSSR count). The Labute approximate surface area is 247 Å². The molecule has 0 aliphatic heterocycles. The minimum absolute atomic E-state index is 0.000150. The summed E-state index contributed by atoms with van der Waals surface area (Å²) in [4.78, 5) is 54.7. The summed E-state index contributed by atoms with van der Waals surface area (Å²) in [7, 11) is 0. The highest BCUT2D eigenvalue weighted by Crippen LogP contribution is 2.37. The first kappa shape index (κ1) is 32.4. The van der Waals surface area contributed by atoms with Crippen LogP contribution in [0.15, 0.2) is 42.5 Å². The monoisotopic (exact) mass is 581 g/mol. The van der Waals surface area contributed by atoms with E-state index in [1.165, 1.54) is 12.1 Å². The Morgan fingerprint density at radius 3 is 2.31 bits per heavy atom. The summed E-state index contributed by atoms with van der Waals surface area (Å²) < 4.78 is 10.5. The average Bonchev–Trinajstić information content (AvgIpc) is 3.73. The van der Waals surface area contributed by atoms with E-state index in [1.807, 2.05) is 32.0 Å². The van der Waals surface area contributed by atoms with Gasteiger partial charge in [0, 0.05) is 19.0 Å². The lowest BCUT2D eigenvalue weighted by molar-refractivity contribution is -0.144. The summed E-state index contributed by atoms with van der Waals surface area (Å²) in [5.74, 6) is -1.20. The van der Waals surface area contributed by atoms with E-state index in [9.17, 15) is 24.3 Å². The molecule has 0 heterocycles. The van der Waals surface area contributed by atoms with Gasteiger partial charge in [-0.3, -0.25) is 14.4 Å². The van der Waals surface area contributed by atoms with Crippen LogP contribution in [-0.4, -0.2) is 64.7 Å². The van der Waals surface area contributed by atoms with Crippen LogP contribution in [0.25, 0.3) is 0 Å². The Hall–Kier alpha value is -4.08. The molecule has 1 aliphatic carbocycles. The number of phenolic OH excluding ortho intramolecular Hbond substituents is 1. The first-order chi connectivity index (χ1) is 19.8. The highest BCUT2D eigenvalue weighted by Gasteiger charge is 2.44. The number of esters is 1. The maximum absolute atomic E-state index is 14.4. The smallest absolute Gasteiger partial charge is 0.408 e. The topological polar surface area (TPSA) is 134 Å². The van der Waals surface area contributed by atoms with Crippen LogP contribution < -0.4 is 10.6 Å². The van der Waals surface area contributed by atoms with Gasteiger partial charge in [0.05, 0.1) is 13.0 Å². The van der Waals surface area contributed by atoms with Gasteiger partial charge in [0.2, 0.25) is 11.8 Å². The molecule has 1 fully saturated rings. The largest absolute Gasteiger partial charge is 0.508 e. The lowest BCUT2D eigenvalue weighted by Crippen LogP contribution is -2.54. The number of nitrogens with one attached hydrogen (secondary N) is 2. The van der Waals surface area contributed by atoms with Crippen molar-refractivity contribution in [2.24, 2.45) is 0 Å². The van der Waals surface area contributed by atoms with Crippen LogP contribution in [0.1, 0.15) is 75.3 Å². The van der Waals surface area contributed by atoms with Crippen molar-refractivity contribution in [3.05, 3.63) is 64.7 Å². The quantitative estimate of drug-likeness (QED) is 0.319. The molecule has 2 aromatic carbocycles. The first-order valence-corrected chi connectivity index (χ1v) is 14.4. The van der Waals surface area contributed by atoms with Crippen LogP contribution in [0.3, 0.4) is 0 Å². The van der Waals surface area contributed by atoms with Gasteiger partial charge in [0.1, 0.15) is 23.4 Å². The Balaban J connectivity index is 1.99. The molecule has 0 saturated heterocycles.